The largest absolute Gasteiger partial charge is 0.353 e. The molecule has 1 aliphatic carbocycles. The number of amides is 1. The summed E-state index contributed by atoms with van der Waals surface area (Å²) in [4.78, 5) is 15.7. The van der Waals surface area contributed by atoms with Crippen LogP contribution in [-0.4, -0.2) is 36.2 Å². The fourth-order valence-corrected chi connectivity index (χ4v) is 3.79. The minimum atomic E-state index is 0.261. The second kappa shape index (κ2) is 8.20. The SMILES string of the molecule is CSc1ccc(CN2CCC[C@@H](CCC(=O)NC3CC3)C2)cc1. The maximum Gasteiger partial charge on any atom is 0.220 e. The van der Waals surface area contributed by atoms with Gasteiger partial charge in [0.15, 0.2) is 0 Å². The molecule has 1 aromatic carbocycles. The fourth-order valence-electron chi connectivity index (χ4n) is 3.38. The molecule has 0 bridgehead atoms. The third kappa shape index (κ3) is 5.54. The van der Waals surface area contributed by atoms with E-state index in [-0.39, 0.29) is 5.91 Å². The highest BCUT2D eigenvalue weighted by atomic mass is 32.2. The van der Waals surface area contributed by atoms with Gasteiger partial charge < -0.3 is 5.32 Å². The highest BCUT2D eigenvalue weighted by Crippen LogP contribution is 2.24. The zero-order chi connectivity index (χ0) is 16.1. The normalized spacial score (nSPS) is 22.0. The van der Waals surface area contributed by atoms with Crippen molar-refractivity contribution in [3.63, 3.8) is 0 Å². The van der Waals surface area contributed by atoms with Gasteiger partial charge in [0.05, 0.1) is 0 Å². The first-order valence-electron chi connectivity index (χ1n) is 8.87. The summed E-state index contributed by atoms with van der Waals surface area (Å²) in [6.45, 7) is 3.37. The Morgan fingerprint density at radius 2 is 2.04 bits per heavy atom. The molecule has 0 radical (unpaired) electrons. The Labute approximate surface area is 144 Å². The minimum absolute atomic E-state index is 0.261. The van der Waals surface area contributed by atoms with Gasteiger partial charge in [-0.25, -0.2) is 0 Å². The summed E-state index contributed by atoms with van der Waals surface area (Å²) in [5.41, 5.74) is 1.40. The van der Waals surface area contributed by atoms with Crippen LogP contribution < -0.4 is 5.32 Å². The molecule has 126 valence electrons. The Hall–Kier alpha value is -1.00. The zero-order valence-electron chi connectivity index (χ0n) is 14.1. The van der Waals surface area contributed by atoms with E-state index in [2.05, 4.69) is 40.7 Å². The lowest BCUT2D eigenvalue weighted by molar-refractivity contribution is -0.121. The number of hydrogen-bond acceptors (Lipinski definition) is 3. The molecule has 1 saturated carbocycles. The van der Waals surface area contributed by atoms with Crippen molar-refractivity contribution in [1.29, 1.82) is 0 Å². The number of benzene rings is 1. The van der Waals surface area contributed by atoms with Gasteiger partial charge >= 0.3 is 0 Å². The Kier molecular flexibility index (Phi) is 6.01. The van der Waals surface area contributed by atoms with Crippen LogP contribution in [0.4, 0.5) is 0 Å². The number of piperidine rings is 1. The Morgan fingerprint density at radius 1 is 1.26 bits per heavy atom. The van der Waals surface area contributed by atoms with E-state index >= 15 is 0 Å². The molecule has 1 aliphatic heterocycles. The summed E-state index contributed by atoms with van der Waals surface area (Å²) in [6, 6.07) is 9.42. The van der Waals surface area contributed by atoms with Crippen molar-refractivity contribution in [2.75, 3.05) is 19.3 Å². The zero-order valence-corrected chi connectivity index (χ0v) is 14.9. The van der Waals surface area contributed by atoms with Gasteiger partial charge in [-0.05, 0) is 68.5 Å². The van der Waals surface area contributed by atoms with Gasteiger partial charge in [-0.3, -0.25) is 9.69 Å². The second-order valence-electron chi connectivity index (χ2n) is 6.97. The summed E-state index contributed by atoms with van der Waals surface area (Å²) in [7, 11) is 0. The van der Waals surface area contributed by atoms with Gasteiger partial charge in [-0.1, -0.05) is 12.1 Å². The van der Waals surface area contributed by atoms with E-state index in [1.54, 1.807) is 11.8 Å². The quantitative estimate of drug-likeness (QED) is 0.773. The molecule has 2 fully saturated rings. The van der Waals surface area contributed by atoms with Crippen LogP contribution in [0.2, 0.25) is 0 Å². The lowest BCUT2D eigenvalue weighted by Crippen LogP contribution is -2.35. The average molecular weight is 333 g/mol. The van der Waals surface area contributed by atoms with Crippen LogP contribution in [0, 0.1) is 5.92 Å². The van der Waals surface area contributed by atoms with Gasteiger partial charge in [-0.15, -0.1) is 11.8 Å². The number of nitrogens with zero attached hydrogens (tertiary/aromatic N) is 1. The van der Waals surface area contributed by atoms with Crippen LogP contribution >= 0.6 is 11.8 Å². The molecule has 1 N–H and O–H groups in total. The Morgan fingerprint density at radius 3 is 2.74 bits per heavy atom. The molecule has 3 rings (SSSR count). The van der Waals surface area contributed by atoms with Crippen LogP contribution in [0.25, 0.3) is 0 Å². The molecule has 2 aliphatic rings. The van der Waals surface area contributed by atoms with Crippen molar-refractivity contribution < 1.29 is 4.79 Å². The Balaban J connectivity index is 1.42. The molecule has 4 heteroatoms. The lowest BCUT2D eigenvalue weighted by Gasteiger charge is -2.32. The number of carbonyl (C=O) groups is 1. The van der Waals surface area contributed by atoms with E-state index in [0.717, 1.165) is 19.5 Å². The van der Waals surface area contributed by atoms with Crippen molar-refractivity contribution in [3.05, 3.63) is 29.8 Å². The predicted octanol–water partition coefficient (Wildman–Crippen LogP) is 3.68. The molecule has 23 heavy (non-hydrogen) atoms. The van der Waals surface area contributed by atoms with Crippen molar-refractivity contribution in [1.82, 2.24) is 10.2 Å². The van der Waals surface area contributed by atoms with E-state index < -0.39 is 0 Å². The minimum Gasteiger partial charge on any atom is -0.353 e. The number of hydrogen-bond donors (Lipinski definition) is 1. The lowest BCUT2D eigenvalue weighted by atomic mass is 9.93. The molecular weight excluding hydrogens is 304 g/mol. The van der Waals surface area contributed by atoms with E-state index in [0.29, 0.717) is 18.4 Å². The van der Waals surface area contributed by atoms with Gasteiger partial charge in [0.2, 0.25) is 5.91 Å². The molecule has 0 unspecified atom stereocenters. The smallest absolute Gasteiger partial charge is 0.220 e. The number of rotatable bonds is 7. The van der Waals surface area contributed by atoms with Gasteiger partial charge in [0.1, 0.15) is 0 Å². The highest BCUT2D eigenvalue weighted by Gasteiger charge is 2.24. The maximum atomic E-state index is 11.8. The first kappa shape index (κ1) is 16.8. The van der Waals surface area contributed by atoms with Gasteiger partial charge in [-0.2, -0.15) is 0 Å². The van der Waals surface area contributed by atoms with Crippen molar-refractivity contribution in [3.8, 4) is 0 Å². The number of nitrogens with one attached hydrogen (secondary N) is 1. The fraction of sp³-hybridized carbons (Fsp3) is 0.632. The first-order chi connectivity index (χ1) is 11.2. The Bertz CT molecular complexity index is 513. The van der Waals surface area contributed by atoms with Crippen LogP contribution in [0.5, 0.6) is 0 Å². The van der Waals surface area contributed by atoms with Crippen molar-refractivity contribution in [2.45, 2.75) is 56.0 Å². The van der Waals surface area contributed by atoms with E-state index in [9.17, 15) is 4.79 Å². The van der Waals surface area contributed by atoms with Crippen LogP contribution in [0.15, 0.2) is 29.2 Å². The van der Waals surface area contributed by atoms with Crippen LogP contribution in [0.1, 0.15) is 44.1 Å². The van der Waals surface area contributed by atoms with Crippen molar-refractivity contribution >= 4 is 17.7 Å². The molecular formula is C19H28N2OS. The summed E-state index contributed by atoms with van der Waals surface area (Å²) in [6.07, 6.45) is 8.76. The average Bonchev–Trinajstić information content (AvgIpc) is 3.38. The summed E-state index contributed by atoms with van der Waals surface area (Å²) < 4.78 is 0. The molecule has 1 heterocycles. The molecule has 0 spiro atoms. The van der Waals surface area contributed by atoms with E-state index in [1.807, 2.05) is 0 Å². The topological polar surface area (TPSA) is 32.3 Å². The number of thioether (sulfide) groups is 1. The van der Waals surface area contributed by atoms with Gasteiger partial charge in [0.25, 0.3) is 0 Å². The molecule has 1 atom stereocenters. The summed E-state index contributed by atoms with van der Waals surface area (Å²) >= 11 is 1.79. The molecule has 1 amide bonds. The molecule has 3 nitrogen and oxygen atoms in total. The molecule has 1 aromatic rings. The van der Waals surface area contributed by atoms with Gasteiger partial charge in [0, 0.05) is 30.4 Å². The third-order valence-corrected chi connectivity index (χ3v) is 5.63. The number of likely N-dealkylation sites (tertiary alicyclic amines) is 1. The second-order valence-corrected chi connectivity index (χ2v) is 7.85. The first-order valence-corrected chi connectivity index (χ1v) is 10.1. The summed E-state index contributed by atoms with van der Waals surface area (Å²) in [5.74, 6) is 0.941. The van der Waals surface area contributed by atoms with E-state index in [4.69, 9.17) is 0 Å². The monoisotopic (exact) mass is 332 g/mol. The maximum absolute atomic E-state index is 11.8. The van der Waals surface area contributed by atoms with Crippen LogP contribution in [-0.2, 0) is 11.3 Å². The van der Waals surface area contributed by atoms with E-state index in [1.165, 1.54) is 42.7 Å². The summed E-state index contributed by atoms with van der Waals surface area (Å²) in [5, 5.41) is 3.10. The highest BCUT2D eigenvalue weighted by molar-refractivity contribution is 7.98. The van der Waals surface area contributed by atoms with Crippen LogP contribution in [0.3, 0.4) is 0 Å². The molecule has 1 saturated heterocycles. The number of carbonyl (C=O) groups excluding carboxylic acids is 1. The van der Waals surface area contributed by atoms with Crippen molar-refractivity contribution in [2.24, 2.45) is 5.92 Å². The third-order valence-electron chi connectivity index (χ3n) is 4.89. The molecule has 0 aromatic heterocycles. The predicted molar refractivity (Wildman–Crippen MR) is 96.6 cm³/mol. The standard InChI is InChI=1S/C19H28N2OS/c1-23-18-9-4-16(5-10-18)14-21-12-2-3-15(13-21)6-11-19(22)20-17-7-8-17/h4-5,9-10,15,17H,2-3,6-8,11-14H2,1H3,(H,20,22)/t15-/m0/s1.